The molecule has 2 unspecified atom stereocenters. The Morgan fingerprint density at radius 3 is 2.57 bits per heavy atom. The van der Waals surface area contributed by atoms with E-state index >= 15 is 0 Å². The smallest absolute Gasteiger partial charge is 0.324 e. The molecule has 0 saturated heterocycles. The van der Waals surface area contributed by atoms with Crippen molar-refractivity contribution in [1.29, 1.82) is 0 Å². The second-order valence-electron chi connectivity index (χ2n) is 6.53. The van der Waals surface area contributed by atoms with E-state index in [1.54, 1.807) is 0 Å². The van der Waals surface area contributed by atoms with Crippen LogP contribution >= 0.6 is 0 Å². The molecule has 21 heavy (non-hydrogen) atoms. The Morgan fingerprint density at radius 1 is 1.38 bits per heavy atom. The molecule has 1 rings (SSSR count). The fraction of sp³-hybridized carbons (Fsp3) is 0.941. The molecule has 0 heterocycles. The van der Waals surface area contributed by atoms with E-state index in [-0.39, 0.29) is 5.92 Å². The van der Waals surface area contributed by atoms with Crippen LogP contribution in [0.5, 0.6) is 0 Å². The van der Waals surface area contributed by atoms with E-state index in [0.29, 0.717) is 6.04 Å². The summed E-state index contributed by atoms with van der Waals surface area (Å²) < 4.78 is 0. The Kier molecular flexibility index (Phi) is 7.67. The highest BCUT2D eigenvalue weighted by Gasteiger charge is 2.48. The Bertz CT molecular complexity index is 318. The maximum Gasteiger partial charge on any atom is 0.324 e. The van der Waals surface area contributed by atoms with Crippen molar-refractivity contribution in [3.8, 4) is 0 Å². The van der Waals surface area contributed by atoms with Crippen molar-refractivity contribution in [1.82, 2.24) is 10.2 Å². The molecule has 0 bridgehead atoms. The van der Waals surface area contributed by atoms with Gasteiger partial charge in [-0.2, -0.15) is 0 Å². The van der Waals surface area contributed by atoms with Crippen LogP contribution in [0, 0.1) is 5.92 Å². The minimum absolute atomic E-state index is 0.262. The van der Waals surface area contributed by atoms with Crippen LogP contribution in [0.1, 0.15) is 65.7 Å². The van der Waals surface area contributed by atoms with Crippen molar-refractivity contribution in [3.05, 3.63) is 0 Å². The standard InChI is InChI=1S/C17H34N2O2/c1-5-12-18-17(16(20)21)11-8-9-14(17)10-13-19(4)15(6-2)7-3/h14-15,18H,5-13H2,1-4H3,(H,20,21). The van der Waals surface area contributed by atoms with Gasteiger partial charge in [-0.05, 0) is 64.6 Å². The third kappa shape index (κ3) is 4.43. The summed E-state index contributed by atoms with van der Waals surface area (Å²) in [4.78, 5) is 14.3. The maximum atomic E-state index is 11.9. The minimum Gasteiger partial charge on any atom is -0.480 e. The van der Waals surface area contributed by atoms with Crippen LogP contribution in [-0.4, -0.2) is 47.7 Å². The van der Waals surface area contributed by atoms with Crippen LogP contribution in [0.4, 0.5) is 0 Å². The van der Waals surface area contributed by atoms with Gasteiger partial charge in [-0.3, -0.25) is 4.79 Å². The summed E-state index contributed by atoms with van der Waals surface area (Å²) in [5.74, 6) is -0.387. The molecule has 0 spiro atoms. The molecule has 1 saturated carbocycles. The first kappa shape index (κ1) is 18.4. The van der Waals surface area contributed by atoms with Crippen LogP contribution < -0.4 is 5.32 Å². The van der Waals surface area contributed by atoms with Gasteiger partial charge in [0.2, 0.25) is 0 Å². The van der Waals surface area contributed by atoms with Crippen LogP contribution in [0.25, 0.3) is 0 Å². The molecule has 0 aromatic heterocycles. The summed E-state index contributed by atoms with van der Waals surface area (Å²) in [5.41, 5.74) is -0.676. The predicted molar refractivity (Wildman–Crippen MR) is 87.6 cm³/mol. The number of hydrogen-bond acceptors (Lipinski definition) is 3. The highest BCUT2D eigenvalue weighted by Crippen LogP contribution is 2.38. The molecular formula is C17H34N2O2. The van der Waals surface area contributed by atoms with Crippen molar-refractivity contribution in [2.45, 2.75) is 77.3 Å². The van der Waals surface area contributed by atoms with Gasteiger partial charge in [-0.15, -0.1) is 0 Å². The molecule has 0 amide bonds. The summed E-state index contributed by atoms with van der Waals surface area (Å²) in [6.45, 7) is 8.34. The van der Waals surface area contributed by atoms with Gasteiger partial charge in [-0.25, -0.2) is 0 Å². The number of aliphatic carboxylic acids is 1. The molecule has 2 atom stereocenters. The number of rotatable bonds is 10. The molecule has 1 aliphatic carbocycles. The topological polar surface area (TPSA) is 52.6 Å². The molecule has 0 aromatic rings. The van der Waals surface area contributed by atoms with Crippen LogP contribution in [0.2, 0.25) is 0 Å². The summed E-state index contributed by atoms with van der Waals surface area (Å²) in [6, 6.07) is 0.620. The van der Waals surface area contributed by atoms with E-state index in [1.807, 2.05) is 0 Å². The first-order chi connectivity index (χ1) is 10.0. The van der Waals surface area contributed by atoms with Gasteiger partial charge in [0.1, 0.15) is 5.54 Å². The number of hydrogen-bond donors (Lipinski definition) is 2. The summed E-state index contributed by atoms with van der Waals surface area (Å²) in [6.07, 6.45) is 7.14. The average molecular weight is 298 g/mol. The van der Waals surface area contributed by atoms with Crippen molar-refractivity contribution < 1.29 is 9.90 Å². The molecule has 0 aromatic carbocycles. The molecule has 4 heteroatoms. The quantitative estimate of drug-likeness (QED) is 0.650. The number of nitrogens with one attached hydrogen (secondary N) is 1. The van der Waals surface area contributed by atoms with Crippen LogP contribution in [0.15, 0.2) is 0 Å². The second kappa shape index (κ2) is 8.74. The number of carboxylic acids is 1. The Hall–Kier alpha value is -0.610. The summed E-state index contributed by atoms with van der Waals surface area (Å²) >= 11 is 0. The predicted octanol–water partition coefficient (Wildman–Crippen LogP) is 3.12. The Morgan fingerprint density at radius 2 is 2.05 bits per heavy atom. The minimum atomic E-state index is -0.676. The average Bonchev–Trinajstić information content (AvgIpc) is 2.88. The number of nitrogens with zero attached hydrogens (tertiary/aromatic N) is 1. The van der Waals surface area contributed by atoms with Crippen LogP contribution in [0.3, 0.4) is 0 Å². The van der Waals surface area contributed by atoms with Gasteiger partial charge in [-0.1, -0.05) is 27.2 Å². The zero-order valence-electron chi connectivity index (χ0n) is 14.3. The largest absolute Gasteiger partial charge is 0.480 e. The van der Waals surface area contributed by atoms with E-state index < -0.39 is 11.5 Å². The highest BCUT2D eigenvalue weighted by atomic mass is 16.4. The number of carboxylic acid groups (broad SMARTS) is 1. The monoisotopic (exact) mass is 298 g/mol. The Labute approximate surface area is 130 Å². The molecule has 4 nitrogen and oxygen atoms in total. The fourth-order valence-corrected chi connectivity index (χ4v) is 3.86. The fourth-order valence-electron chi connectivity index (χ4n) is 3.86. The molecule has 124 valence electrons. The van der Waals surface area contributed by atoms with Crippen molar-refractivity contribution in [2.24, 2.45) is 5.92 Å². The van der Waals surface area contributed by atoms with E-state index in [0.717, 1.165) is 58.0 Å². The van der Waals surface area contributed by atoms with Gasteiger partial charge in [0.15, 0.2) is 0 Å². The maximum absolute atomic E-state index is 11.9. The van der Waals surface area contributed by atoms with Crippen LogP contribution in [-0.2, 0) is 4.79 Å². The molecule has 2 N–H and O–H groups in total. The van der Waals surface area contributed by atoms with Gasteiger partial charge < -0.3 is 15.3 Å². The third-order valence-electron chi connectivity index (χ3n) is 5.29. The lowest BCUT2D eigenvalue weighted by Gasteiger charge is -2.34. The summed E-state index contributed by atoms with van der Waals surface area (Å²) in [5, 5.41) is 13.1. The molecule has 0 aliphatic heterocycles. The van der Waals surface area contributed by atoms with Crippen molar-refractivity contribution in [2.75, 3.05) is 20.1 Å². The number of carbonyl (C=O) groups is 1. The van der Waals surface area contributed by atoms with Gasteiger partial charge in [0.05, 0.1) is 0 Å². The second-order valence-corrected chi connectivity index (χ2v) is 6.53. The molecule has 0 radical (unpaired) electrons. The zero-order valence-corrected chi connectivity index (χ0v) is 14.3. The van der Waals surface area contributed by atoms with E-state index in [2.05, 4.69) is 38.0 Å². The lowest BCUT2D eigenvalue weighted by Crippen LogP contribution is -2.55. The zero-order chi connectivity index (χ0) is 15.9. The van der Waals surface area contributed by atoms with Crippen molar-refractivity contribution >= 4 is 5.97 Å². The van der Waals surface area contributed by atoms with Gasteiger partial charge in [0, 0.05) is 6.04 Å². The van der Waals surface area contributed by atoms with E-state index in [1.165, 1.54) is 0 Å². The SMILES string of the molecule is CCCNC1(C(=O)O)CCCC1CCN(C)C(CC)CC. The first-order valence-electron chi connectivity index (χ1n) is 8.70. The molecule has 1 fully saturated rings. The van der Waals surface area contributed by atoms with Crippen molar-refractivity contribution in [3.63, 3.8) is 0 Å². The third-order valence-corrected chi connectivity index (χ3v) is 5.29. The van der Waals surface area contributed by atoms with Gasteiger partial charge in [0.25, 0.3) is 0 Å². The first-order valence-corrected chi connectivity index (χ1v) is 8.70. The lowest BCUT2D eigenvalue weighted by molar-refractivity contribution is -0.146. The van der Waals surface area contributed by atoms with E-state index in [9.17, 15) is 9.90 Å². The molecular weight excluding hydrogens is 264 g/mol. The highest BCUT2D eigenvalue weighted by molar-refractivity contribution is 5.79. The normalized spacial score (nSPS) is 25.9. The van der Waals surface area contributed by atoms with E-state index in [4.69, 9.17) is 0 Å². The lowest BCUT2D eigenvalue weighted by atomic mass is 9.84. The Balaban J connectivity index is 2.64. The summed E-state index contributed by atoms with van der Waals surface area (Å²) in [7, 11) is 2.18. The molecule has 1 aliphatic rings. The van der Waals surface area contributed by atoms with Gasteiger partial charge >= 0.3 is 5.97 Å².